The summed E-state index contributed by atoms with van der Waals surface area (Å²) < 4.78 is 27.1. The maximum Gasteiger partial charge on any atom is 0.195 e. The van der Waals surface area contributed by atoms with E-state index in [1.807, 2.05) is 36.4 Å². The number of aliphatic imine (C=N–C) groups is 1. The van der Waals surface area contributed by atoms with Crippen LogP contribution in [0.5, 0.6) is 23.0 Å². The topological polar surface area (TPSA) is 82.6 Å². The van der Waals surface area contributed by atoms with Crippen molar-refractivity contribution in [2.24, 2.45) is 4.99 Å². The van der Waals surface area contributed by atoms with Crippen molar-refractivity contribution in [1.29, 1.82) is 0 Å². The molecule has 31 heavy (non-hydrogen) atoms. The fourth-order valence-corrected chi connectivity index (χ4v) is 2.80. The van der Waals surface area contributed by atoms with Crippen LogP contribution in [0, 0.1) is 0 Å². The molecule has 0 spiro atoms. The second-order valence-electron chi connectivity index (χ2n) is 6.28. The zero-order chi connectivity index (χ0) is 21.8. The van der Waals surface area contributed by atoms with Crippen LogP contribution in [0.2, 0.25) is 0 Å². The van der Waals surface area contributed by atoms with Gasteiger partial charge in [0.15, 0.2) is 5.96 Å². The molecule has 0 aliphatic carbocycles. The maximum atomic E-state index is 5.75. The van der Waals surface area contributed by atoms with Crippen LogP contribution in [-0.4, -0.2) is 54.7 Å². The molecule has 8 nitrogen and oxygen atoms in total. The molecule has 0 atom stereocenters. The lowest BCUT2D eigenvalue weighted by Crippen LogP contribution is -2.30. The van der Waals surface area contributed by atoms with E-state index in [0.29, 0.717) is 43.0 Å². The molecule has 0 unspecified atom stereocenters. The first-order valence-electron chi connectivity index (χ1n) is 9.63. The van der Waals surface area contributed by atoms with Gasteiger partial charge in [-0.05, 0) is 12.1 Å². The predicted molar refractivity (Wildman–Crippen MR) is 134 cm³/mol. The Morgan fingerprint density at radius 2 is 1.61 bits per heavy atom. The van der Waals surface area contributed by atoms with Crippen LogP contribution in [0.4, 0.5) is 5.69 Å². The van der Waals surface area contributed by atoms with Gasteiger partial charge in [0.2, 0.25) is 0 Å². The molecule has 0 aliphatic rings. The molecule has 0 aromatic heterocycles. The molecule has 2 aromatic rings. The van der Waals surface area contributed by atoms with Gasteiger partial charge < -0.3 is 34.3 Å². The van der Waals surface area contributed by atoms with Crippen molar-refractivity contribution in [1.82, 2.24) is 5.32 Å². The van der Waals surface area contributed by atoms with E-state index in [1.165, 1.54) is 0 Å². The van der Waals surface area contributed by atoms with Crippen LogP contribution >= 0.6 is 24.0 Å². The summed E-state index contributed by atoms with van der Waals surface area (Å²) in [5.74, 6) is 3.38. The normalized spacial score (nSPS) is 10.7. The number of hydrogen-bond donors (Lipinski definition) is 2. The number of halogens is 1. The highest BCUT2D eigenvalue weighted by Crippen LogP contribution is 2.33. The third-order valence-electron chi connectivity index (χ3n) is 4.33. The first-order chi connectivity index (χ1) is 14.6. The summed E-state index contributed by atoms with van der Waals surface area (Å²) in [7, 11) is 8.22. The Morgan fingerprint density at radius 1 is 0.903 bits per heavy atom. The number of benzene rings is 2. The van der Waals surface area contributed by atoms with Gasteiger partial charge in [-0.15, -0.1) is 24.0 Å². The number of nitrogens with one attached hydrogen (secondary N) is 2. The van der Waals surface area contributed by atoms with Crippen molar-refractivity contribution >= 4 is 35.6 Å². The van der Waals surface area contributed by atoms with E-state index in [0.717, 1.165) is 23.4 Å². The monoisotopic (exact) mass is 545 g/mol. The van der Waals surface area contributed by atoms with Gasteiger partial charge in [0, 0.05) is 51.1 Å². The van der Waals surface area contributed by atoms with Crippen LogP contribution in [0.25, 0.3) is 0 Å². The third kappa shape index (κ3) is 8.33. The molecule has 172 valence electrons. The van der Waals surface area contributed by atoms with E-state index >= 15 is 0 Å². The van der Waals surface area contributed by atoms with Gasteiger partial charge in [-0.3, -0.25) is 4.99 Å². The Hall–Kier alpha value is -2.40. The molecule has 0 bridgehead atoms. The Bertz CT molecular complexity index is 808. The predicted octanol–water partition coefficient (Wildman–Crippen LogP) is 3.93. The Balaban J connectivity index is 0.00000480. The van der Waals surface area contributed by atoms with E-state index in [9.17, 15) is 0 Å². The minimum Gasteiger partial charge on any atom is -0.496 e. The highest BCUT2D eigenvalue weighted by molar-refractivity contribution is 14.0. The Kier molecular flexibility index (Phi) is 12.5. The minimum atomic E-state index is 0. The fourth-order valence-electron chi connectivity index (χ4n) is 2.80. The minimum absolute atomic E-state index is 0. The lowest BCUT2D eigenvalue weighted by atomic mass is 10.1. The summed E-state index contributed by atoms with van der Waals surface area (Å²) in [5.41, 5.74) is 1.72. The molecular formula is C22H32IN3O5. The third-order valence-corrected chi connectivity index (χ3v) is 4.33. The second-order valence-corrected chi connectivity index (χ2v) is 6.28. The van der Waals surface area contributed by atoms with Gasteiger partial charge in [-0.25, -0.2) is 0 Å². The number of anilines is 1. The zero-order valence-electron chi connectivity index (χ0n) is 18.7. The molecule has 0 saturated carbocycles. The maximum absolute atomic E-state index is 5.75. The van der Waals surface area contributed by atoms with E-state index in [1.54, 1.807) is 35.5 Å². The van der Waals surface area contributed by atoms with Crippen LogP contribution in [0.3, 0.4) is 0 Å². The number of hydrogen-bond acceptors (Lipinski definition) is 6. The Morgan fingerprint density at radius 3 is 2.19 bits per heavy atom. The molecule has 0 aliphatic heterocycles. The number of ether oxygens (including phenoxy) is 5. The molecule has 0 saturated heterocycles. The van der Waals surface area contributed by atoms with Crippen LogP contribution in [-0.2, 0) is 11.3 Å². The average Bonchev–Trinajstić information content (AvgIpc) is 2.79. The van der Waals surface area contributed by atoms with E-state index in [2.05, 4.69) is 15.6 Å². The molecule has 9 heteroatoms. The highest BCUT2D eigenvalue weighted by Gasteiger charge is 2.14. The number of guanidine groups is 1. The van der Waals surface area contributed by atoms with Gasteiger partial charge in [-0.1, -0.05) is 6.07 Å². The first-order valence-corrected chi connectivity index (χ1v) is 9.63. The molecule has 2 N–H and O–H groups in total. The van der Waals surface area contributed by atoms with Crippen molar-refractivity contribution in [3.8, 4) is 23.0 Å². The van der Waals surface area contributed by atoms with Crippen molar-refractivity contribution < 1.29 is 23.7 Å². The molecule has 0 amide bonds. The average molecular weight is 545 g/mol. The molecular weight excluding hydrogens is 513 g/mol. The highest BCUT2D eigenvalue weighted by atomic mass is 127. The fraction of sp³-hybridized carbons (Fsp3) is 0.409. The quantitative estimate of drug-likeness (QED) is 0.192. The molecule has 0 fully saturated rings. The SMILES string of the molecule is CN=C(NCc1c(OC)cc(OC)cc1OC)Nc1cccc(OCCCOC)c1.I. The lowest BCUT2D eigenvalue weighted by Gasteiger charge is -2.17. The number of nitrogens with zero attached hydrogens (tertiary/aromatic N) is 1. The summed E-state index contributed by atoms with van der Waals surface area (Å²) in [6.07, 6.45) is 0.836. The van der Waals surface area contributed by atoms with Crippen molar-refractivity contribution in [2.75, 3.05) is 54.0 Å². The summed E-state index contributed by atoms with van der Waals surface area (Å²) in [6, 6.07) is 11.4. The van der Waals surface area contributed by atoms with E-state index in [-0.39, 0.29) is 24.0 Å². The number of rotatable bonds is 11. The van der Waals surface area contributed by atoms with E-state index < -0.39 is 0 Å². The number of methoxy groups -OCH3 is 4. The van der Waals surface area contributed by atoms with Crippen LogP contribution in [0.1, 0.15) is 12.0 Å². The van der Waals surface area contributed by atoms with Crippen molar-refractivity contribution in [2.45, 2.75) is 13.0 Å². The molecule has 2 aromatic carbocycles. The van der Waals surface area contributed by atoms with Crippen molar-refractivity contribution in [3.63, 3.8) is 0 Å². The standard InChI is InChI=1S/C22H31N3O5.HI/c1-23-22(25-16-8-6-9-17(12-16)30-11-7-10-26-2)24-15-19-20(28-4)13-18(27-3)14-21(19)29-5;/h6,8-9,12-14H,7,10-11,15H2,1-5H3,(H2,23,24,25);1H. The van der Waals surface area contributed by atoms with Crippen molar-refractivity contribution in [3.05, 3.63) is 42.0 Å². The second kappa shape index (κ2) is 14.6. The smallest absolute Gasteiger partial charge is 0.195 e. The van der Waals surface area contributed by atoms with Gasteiger partial charge in [-0.2, -0.15) is 0 Å². The largest absolute Gasteiger partial charge is 0.496 e. The molecule has 0 heterocycles. The summed E-state index contributed by atoms with van der Waals surface area (Å²) in [4.78, 5) is 4.29. The Labute approximate surface area is 201 Å². The zero-order valence-corrected chi connectivity index (χ0v) is 21.0. The van der Waals surface area contributed by atoms with Gasteiger partial charge in [0.05, 0.1) is 40.0 Å². The molecule has 0 radical (unpaired) electrons. The summed E-state index contributed by atoms with van der Waals surface area (Å²) in [6.45, 7) is 1.72. The van der Waals surface area contributed by atoms with Crippen LogP contribution < -0.4 is 29.6 Å². The van der Waals surface area contributed by atoms with Crippen LogP contribution in [0.15, 0.2) is 41.4 Å². The summed E-state index contributed by atoms with van der Waals surface area (Å²) >= 11 is 0. The van der Waals surface area contributed by atoms with Gasteiger partial charge in [0.1, 0.15) is 23.0 Å². The van der Waals surface area contributed by atoms with Gasteiger partial charge >= 0.3 is 0 Å². The summed E-state index contributed by atoms with van der Waals surface area (Å²) in [5, 5.41) is 6.55. The molecule has 2 rings (SSSR count). The lowest BCUT2D eigenvalue weighted by molar-refractivity contribution is 0.172. The van der Waals surface area contributed by atoms with E-state index in [4.69, 9.17) is 23.7 Å². The van der Waals surface area contributed by atoms with Gasteiger partial charge in [0.25, 0.3) is 0 Å². The first kappa shape index (κ1) is 26.6.